The van der Waals surface area contributed by atoms with Gasteiger partial charge in [-0.05, 0) is 19.4 Å². The lowest BCUT2D eigenvalue weighted by molar-refractivity contribution is -0.385. The molecule has 2 atom stereocenters. The van der Waals surface area contributed by atoms with E-state index in [1.54, 1.807) is 4.90 Å². The van der Waals surface area contributed by atoms with Crippen molar-refractivity contribution in [1.29, 1.82) is 0 Å². The number of hydrogen-bond acceptors (Lipinski definition) is 5. The fourth-order valence-electron chi connectivity index (χ4n) is 2.91. The first-order valence-corrected chi connectivity index (χ1v) is 7.66. The third-order valence-corrected chi connectivity index (χ3v) is 4.11. The second-order valence-electron chi connectivity index (χ2n) is 5.83. The summed E-state index contributed by atoms with van der Waals surface area (Å²) < 4.78 is 5.69. The molecule has 1 amide bonds. The zero-order valence-corrected chi connectivity index (χ0v) is 13.4. The van der Waals surface area contributed by atoms with E-state index in [0.717, 1.165) is 5.56 Å². The van der Waals surface area contributed by atoms with Gasteiger partial charge in [0.15, 0.2) is 0 Å². The van der Waals surface area contributed by atoms with Crippen LogP contribution in [0, 0.1) is 17.0 Å². The van der Waals surface area contributed by atoms with Crippen LogP contribution in [0.5, 0.6) is 0 Å². The Morgan fingerprint density at radius 3 is 2.79 bits per heavy atom. The smallest absolute Gasteiger partial charge is 0.322 e. The molecule has 0 aliphatic carbocycles. The average Bonchev–Trinajstić information content (AvgIpc) is 2.96. The maximum atomic E-state index is 13.0. The van der Waals surface area contributed by atoms with Crippen LogP contribution in [0.2, 0.25) is 0 Å². The van der Waals surface area contributed by atoms with Crippen LogP contribution >= 0.6 is 0 Å². The first kappa shape index (κ1) is 16.1. The lowest BCUT2D eigenvalue weighted by atomic mass is 10.0. The van der Waals surface area contributed by atoms with E-state index in [0.29, 0.717) is 13.2 Å². The van der Waals surface area contributed by atoms with Crippen molar-refractivity contribution < 1.29 is 14.5 Å². The van der Waals surface area contributed by atoms with Crippen molar-refractivity contribution >= 4 is 11.6 Å². The Labute approximate surface area is 138 Å². The molecular weight excluding hydrogens is 312 g/mol. The maximum absolute atomic E-state index is 13.0. The van der Waals surface area contributed by atoms with Gasteiger partial charge in [-0.1, -0.05) is 30.3 Å². The van der Waals surface area contributed by atoms with Crippen molar-refractivity contribution in [2.24, 2.45) is 0 Å². The van der Waals surface area contributed by atoms with Gasteiger partial charge < -0.3 is 9.64 Å². The van der Waals surface area contributed by atoms with Gasteiger partial charge in [0.1, 0.15) is 5.69 Å². The number of rotatable bonds is 3. The molecule has 1 aliphatic heterocycles. The van der Waals surface area contributed by atoms with Crippen LogP contribution in [0.15, 0.2) is 30.3 Å². The highest BCUT2D eigenvalue weighted by Crippen LogP contribution is 2.30. The van der Waals surface area contributed by atoms with Crippen molar-refractivity contribution in [1.82, 2.24) is 15.1 Å². The molecule has 1 aliphatic rings. The lowest BCUT2D eigenvalue weighted by Gasteiger charge is -2.38. The number of nitrogens with one attached hydrogen (secondary N) is 1. The number of nitrogens with zero attached hydrogens (tertiary/aromatic N) is 3. The van der Waals surface area contributed by atoms with Gasteiger partial charge in [-0.3, -0.25) is 20.0 Å². The number of H-pyrrole nitrogens is 1. The number of amides is 1. The summed E-state index contributed by atoms with van der Waals surface area (Å²) in [5, 5.41) is 17.7. The van der Waals surface area contributed by atoms with Gasteiger partial charge in [0.2, 0.25) is 5.69 Å². The number of hydrogen-bond donors (Lipinski definition) is 1. The molecule has 0 bridgehead atoms. The van der Waals surface area contributed by atoms with Gasteiger partial charge in [0.05, 0.1) is 23.7 Å². The first-order chi connectivity index (χ1) is 11.5. The first-order valence-electron chi connectivity index (χ1n) is 7.66. The summed E-state index contributed by atoms with van der Waals surface area (Å²) in [7, 11) is 0. The van der Waals surface area contributed by atoms with Gasteiger partial charge in [-0.2, -0.15) is 5.10 Å². The number of aryl methyl sites for hydroxylation is 1. The van der Waals surface area contributed by atoms with E-state index >= 15 is 0 Å². The largest absolute Gasteiger partial charge is 0.374 e. The second kappa shape index (κ2) is 6.40. The molecule has 8 heteroatoms. The normalized spacial score (nSPS) is 20.8. The fraction of sp³-hybridized carbons (Fsp3) is 0.375. The molecule has 2 heterocycles. The van der Waals surface area contributed by atoms with E-state index in [1.165, 1.54) is 6.92 Å². The monoisotopic (exact) mass is 330 g/mol. The van der Waals surface area contributed by atoms with Crippen molar-refractivity contribution in [2.45, 2.75) is 26.0 Å². The minimum absolute atomic E-state index is 0.145. The molecule has 1 fully saturated rings. The van der Waals surface area contributed by atoms with Gasteiger partial charge >= 0.3 is 5.69 Å². The third-order valence-electron chi connectivity index (χ3n) is 4.11. The molecule has 0 radical (unpaired) electrons. The maximum Gasteiger partial charge on any atom is 0.322 e. The zero-order chi connectivity index (χ0) is 17.3. The topological polar surface area (TPSA) is 101 Å². The Bertz CT molecular complexity index is 759. The van der Waals surface area contributed by atoms with Gasteiger partial charge in [-0.15, -0.1) is 0 Å². The number of carbonyl (C=O) groups excluding carboxylic acids is 1. The molecule has 1 saturated heterocycles. The molecule has 1 N–H and O–H groups in total. The van der Waals surface area contributed by atoms with Gasteiger partial charge in [0, 0.05) is 6.54 Å². The molecular formula is C16H18N4O4. The van der Waals surface area contributed by atoms with Crippen LogP contribution in [0.4, 0.5) is 5.69 Å². The SMILES string of the molecule is Cc1[nH]nc(C(=O)N2C[C@@H](C)OC[C@H]2c2ccccc2)c1[N+](=O)[O-]. The van der Waals surface area contributed by atoms with Crippen LogP contribution in [0.25, 0.3) is 0 Å². The van der Waals surface area contributed by atoms with Crippen LogP contribution in [-0.2, 0) is 4.74 Å². The number of aromatic nitrogens is 2. The molecule has 1 aromatic heterocycles. The number of morpholine rings is 1. The number of benzene rings is 1. The predicted octanol–water partition coefficient (Wildman–Crippen LogP) is 2.23. The second-order valence-corrected chi connectivity index (χ2v) is 5.83. The molecule has 24 heavy (non-hydrogen) atoms. The number of nitro groups is 1. The minimum Gasteiger partial charge on any atom is -0.374 e. The van der Waals surface area contributed by atoms with Crippen molar-refractivity contribution in [3.8, 4) is 0 Å². The van der Waals surface area contributed by atoms with Crippen LogP contribution < -0.4 is 0 Å². The van der Waals surface area contributed by atoms with Crippen LogP contribution in [-0.4, -0.2) is 45.2 Å². The van der Waals surface area contributed by atoms with E-state index < -0.39 is 10.8 Å². The van der Waals surface area contributed by atoms with E-state index in [1.807, 2.05) is 37.3 Å². The van der Waals surface area contributed by atoms with E-state index in [9.17, 15) is 14.9 Å². The Morgan fingerprint density at radius 1 is 1.42 bits per heavy atom. The van der Waals surface area contributed by atoms with Crippen LogP contribution in [0.3, 0.4) is 0 Å². The number of ether oxygens (including phenoxy) is 1. The molecule has 3 rings (SSSR count). The van der Waals surface area contributed by atoms with Crippen molar-refractivity contribution in [3.05, 3.63) is 57.4 Å². The highest BCUT2D eigenvalue weighted by molar-refractivity contribution is 5.97. The van der Waals surface area contributed by atoms with E-state index in [2.05, 4.69) is 10.2 Å². The Morgan fingerprint density at radius 2 is 2.12 bits per heavy atom. The molecule has 0 unspecified atom stereocenters. The molecule has 0 saturated carbocycles. The summed E-state index contributed by atoms with van der Waals surface area (Å²) in [5.74, 6) is -0.463. The zero-order valence-electron chi connectivity index (χ0n) is 13.4. The summed E-state index contributed by atoms with van der Waals surface area (Å²) in [5.41, 5.74) is 0.757. The summed E-state index contributed by atoms with van der Waals surface area (Å²) in [6, 6.07) is 9.19. The third kappa shape index (κ3) is 2.88. The van der Waals surface area contributed by atoms with Gasteiger partial charge in [-0.25, -0.2) is 0 Å². The van der Waals surface area contributed by atoms with E-state index in [4.69, 9.17) is 4.74 Å². The standard InChI is InChI=1S/C16H18N4O4/c1-10-8-19(13(9-24-10)12-6-4-3-5-7-12)16(21)14-15(20(22)23)11(2)17-18-14/h3-7,10,13H,8-9H2,1-2H3,(H,17,18)/t10-,13+/m1/s1. The average molecular weight is 330 g/mol. The van der Waals surface area contributed by atoms with Crippen LogP contribution in [0.1, 0.15) is 34.7 Å². The van der Waals surface area contributed by atoms with Gasteiger partial charge in [0.25, 0.3) is 5.91 Å². The quantitative estimate of drug-likeness (QED) is 0.687. The molecule has 1 aromatic carbocycles. The summed E-state index contributed by atoms with van der Waals surface area (Å²) in [4.78, 5) is 25.2. The Hall–Kier alpha value is -2.74. The molecule has 2 aromatic rings. The lowest BCUT2D eigenvalue weighted by Crippen LogP contribution is -2.47. The summed E-state index contributed by atoms with van der Waals surface area (Å²) >= 11 is 0. The van der Waals surface area contributed by atoms with E-state index in [-0.39, 0.29) is 29.2 Å². The molecule has 0 spiro atoms. The highest BCUT2D eigenvalue weighted by Gasteiger charge is 2.37. The minimum atomic E-state index is -0.576. The summed E-state index contributed by atoms with van der Waals surface area (Å²) in [6.07, 6.45) is -0.145. The fourth-order valence-corrected chi connectivity index (χ4v) is 2.91. The summed E-state index contributed by atoms with van der Waals surface area (Å²) in [6.45, 7) is 4.08. The number of aromatic amines is 1. The highest BCUT2D eigenvalue weighted by atomic mass is 16.6. The predicted molar refractivity (Wildman–Crippen MR) is 85.6 cm³/mol. The number of carbonyl (C=O) groups is 1. The molecule has 8 nitrogen and oxygen atoms in total. The Kier molecular flexibility index (Phi) is 4.30. The van der Waals surface area contributed by atoms with Crippen molar-refractivity contribution in [2.75, 3.05) is 13.2 Å². The molecule has 126 valence electrons. The van der Waals surface area contributed by atoms with Crippen molar-refractivity contribution in [3.63, 3.8) is 0 Å². The Balaban J connectivity index is 1.98.